The van der Waals surface area contributed by atoms with E-state index in [1.54, 1.807) is 36.4 Å². The zero-order valence-electron chi connectivity index (χ0n) is 30.3. The maximum absolute atomic E-state index is 13.3. The van der Waals surface area contributed by atoms with Gasteiger partial charge in [-0.1, -0.05) is 63.6 Å². The van der Waals surface area contributed by atoms with Crippen LogP contribution >= 0.6 is 11.6 Å². The number of imidazole rings is 1. The number of carbonyl (C=O) groups is 4. The van der Waals surface area contributed by atoms with Crippen LogP contribution in [0, 0.1) is 17.7 Å². The smallest absolute Gasteiger partial charge is 0.328 e. The normalized spacial score (nSPS) is 13.5. The Morgan fingerprint density at radius 2 is 1.30 bits per heavy atom. The number of carboxylic acids is 4. The molecule has 0 bridgehead atoms. The minimum atomic E-state index is -1.25. The summed E-state index contributed by atoms with van der Waals surface area (Å²) >= 11 is 5.97. The largest absolute Gasteiger partial charge is 0.480 e. The monoisotopic (exact) mass is 772 g/mol. The zero-order valence-corrected chi connectivity index (χ0v) is 31.1. The summed E-state index contributed by atoms with van der Waals surface area (Å²) in [6.07, 6.45) is 3.55. The highest BCUT2D eigenvalue weighted by Crippen LogP contribution is 2.25. The van der Waals surface area contributed by atoms with Crippen LogP contribution in [-0.2, 0) is 38.7 Å². The van der Waals surface area contributed by atoms with Gasteiger partial charge in [0.05, 0.1) is 13.1 Å². The summed E-state index contributed by atoms with van der Waals surface area (Å²) in [6.45, 7) is 7.36. The molecule has 54 heavy (non-hydrogen) atoms. The first-order chi connectivity index (χ1) is 25.4. The minimum Gasteiger partial charge on any atom is -0.480 e. The quantitative estimate of drug-likeness (QED) is 0.0738. The van der Waals surface area contributed by atoms with E-state index in [1.807, 2.05) is 33.8 Å². The molecule has 0 fully saturated rings. The van der Waals surface area contributed by atoms with Gasteiger partial charge < -0.3 is 24.8 Å². The molecule has 0 saturated heterocycles. The topological polar surface area (TPSA) is 213 Å². The second kappa shape index (κ2) is 20.3. The average Bonchev–Trinajstić information content (AvgIpc) is 3.69. The molecule has 0 aliphatic rings. The van der Waals surface area contributed by atoms with Crippen molar-refractivity contribution in [1.82, 2.24) is 19.8 Å². The van der Waals surface area contributed by atoms with Gasteiger partial charge in [-0.15, -0.1) is 0 Å². The molecule has 16 heteroatoms. The van der Waals surface area contributed by atoms with Gasteiger partial charge in [0.2, 0.25) is 0 Å². The van der Waals surface area contributed by atoms with Gasteiger partial charge in [-0.2, -0.15) is 0 Å². The van der Waals surface area contributed by atoms with Crippen molar-refractivity contribution in [1.29, 1.82) is 0 Å². The summed E-state index contributed by atoms with van der Waals surface area (Å²) in [6, 6.07) is 12.1. The highest BCUT2D eigenvalue weighted by atomic mass is 35.5. The third-order valence-corrected chi connectivity index (χ3v) is 8.36. The number of benzene rings is 2. The molecule has 2 heterocycles. The number of carboxylic acid groups (broad SMARTS) is 4. The summed E-state index contributed by atoms with van der Waals surface area (Å²) in [4.78, 5) is 58.4. The Hall–Kier alpha value is -5.25. The first-order valence-electron chi connectivity index (χ1n) is 17.2. The van der Waals surface area contributed by atoms with Crippen molar-refractivity contribution in [3.8, 4) is 11.3 Å². The van der Waals surface area contributed by atoms with Crippen molar-refractivity contribution >= 4 is 35.5 Å². The van der Waals surface area contributed by atoms with Crippen LogP contribution in [0.2, 0.25) is 5.02 Å². The molecule has 2 aromatic heterocycles. The third-order valence-electron chi connectivity index (χ3n) is 8.13. The molecule has 4 aromatic rings. The van der Waals surface area contributed by atoms with Crippen molar-refractivity contribution in [3.63, 3.8) is 0 Å². The van der Waals surface area contributed by atoms with E-state index in [2.05, 4.69) is 10.6 Å². The molecular formula is C38H46ClFN4O10. The van der Waals surface area contributed by atoms with Crippen molar-refractivity contribution in [2.75, 3.05) is 0 Å². The van der Waals surface area contributed by atoms with Gasteiger partial charge in [0.25, 0.3) is 0 Å². The number of aliphatic carboxylic acids is 4. The lowest BCUT2D eigenvalue weighted by Gasteiger charge is -2.21. The summed E-state index contributed by atoms with van der Waals surface area (Å²) < 4.78 is 21.5. The SMILES string of the molecule is CC(C)CC(NC(Cc1ccc(-c2cccc(Cl)c2)o1)C(=O)O)C(=O)O.CC(C)CC(NC(Cn1ccn(Cc2cccc(F)c2)c1=O)C(=O)O)C(=O)O. The number of rotatable bonds is 19. The Bertz CT molecular complexity index is 1940. The minimum absolute atomic E-state index is 0.0395. The summed E-state index contributed by atoms with van der Waals surface area (Å²) in [5.74, 6) is -3.79. The predicted octanol–water partition coefficient (Wildman–Crippen LogP) is 5.06. The fourth-order valence-electron chi connectivity index (χ4n) is 5.56. The molecule has 14 nitrogen and oxygen atoms in total. The van der Waals surface area contributed by atoms with Gasteiger partial charge in [-0.3, -0.25) is 38.9 Å². The highest BCUT2D eigenvalue weighted by molar-refractivity contribution is 6.30. The number of hydrogen-bond acceptors (Lipinski definition) is 8. The molecule has 0 aliphatic heterocycles. The lowest BCUT2D eigenvalue weighted by atomic mass is 10.0. The van der Waals surface area contributed by atoms with Gasteiger partial charge >= 0.3 is 29.6 Å². The van der Waals surface area contributed by atoms with Crippen molar-refractivity contribution in [3.05, 3.63) is 106 Å². The lowest BCUT2D eigenvalue weighted by Crippen LogP contribution is -2.50. The molecule has 4 rings (SSSR count). The van der Waals surface area contributed by atoms with E-state index in [4.69, 9.17) is 16.0 Å². The van der Waals surface area contributed by atoms with E-state index in [0.717, 1.165) is 5.56 Å². The van der Waals surface area contributed by atoms with Gasteiger partial charge in [0.15, 0.2) is 0 Å². The summed E-state index contributed by atoms with van der Waals surface area (Å²) in [7, 11) is 0. The Kier molecular flexibility index (Phi) is 16.2. The first-order valence-corrected chi connectivity index (χ1v) is 17.6. The fourth-order valence-corrected chi connectivity index (χ4v) is 5.75. The third kappa shape index (κ3) is 13.6. The predicted molar refractivity (Wildman–Crippen MR) is 198 cm³/mol. The molecular weight excluding hydrogens is 727 g/mol. The van der Waals surface area contributed by atoms with E-state index in [1.165, 1.54) is 39.7 Å². The molecule has 0 aliphatic carbocycles. The lowest BCUT2D eigenvalue weighted by molar-refractivity contribution is -0.145. The van der Waals surface area contributed by atoms with Gasteiger partial charge in [0, 0.05) is 29.4 Å². The van der Waals surface area contributed by atoms with Crippen molar-refractivity contribution in [2.24, 2.45) is 11.8 Å². The van der Waals surface area contributed by atoms with Crippen LogP contribution in [0.3, 0.4) is 0 Å². The number of nitrogens with one attached hydrogen (secondary N) is 2. The van der Waals surface area contributed by atoms with Gasteiger partial charge in [-0.05, 0) is 66.6 Å². The highest BCUT2D eigenvalue weighted by Gasteiger charge is 2.29. The Balaban J connectivity index is 0.000000291. The van der Waals surface area contributed by atoms with Gasteiger partial charge in [-0.25, -0.2) is 9.18 Å². The molecule has 2 aromatic carbocycles. The van der Waals surface area contributed by atoms with Crippen molar-refractivity contribution < 1.29 is 48.4 Å². The zero-order chi connectivity index (χ0) is 40.1. The van der Waals surface area contributed by atoms with E-state index in [-0.39, 0.29) is 37.8 Å². The second-order valence-electron chi connectivity index (χ2n) is 13.6. The van der Waals surface area contributed by atoms with Crippen LogP contribution in [-0.4, -0.2) is 77.6 Å². The van der Waals surface area contributed by atoms with E-state index < -0.39 is 59.6 Å². The number of aromatic nitrogens is 2. The van der Waals surface area contributed by atoms with E-state index in [9.17, 15) is 48.8 Å². The van der Waals surface area contributed by atoms with Crippen LogP contribution in [0.25, 0.3) is 11.3 Å². The van der Waals surface area contributed by atoms with Crippen molar-refractivity contribution in [2.45, 2.75) is 84.2 Å². The number of hydrogen-bond donors (Lipinski definition) is 6. The maximum Gasteiger partial charge on any atom is 0.328 e. The van der Waals surface area contributed by atoms with Gasteiger partial charge in [0.1, 0.15) is 41.5 Å². The molecule has 4 unspecified atom stereocenters. The molecule has 0 amide bonds. The first kappa shape index (κ1) is 43.2. The number of furan rings is 1. The fraction of sp³-hybridized carbons (Fsp3) is 0.395. The Morgan fingerprint density at radius 1 is 0.741 bits per heavy atom. The van der Waals surface area contributed by atoms with Crippen LogP contribution in [0.5, 0.6) is 0 Å². The molecule has 4 atom stereocenters. The van der Waals surface area contributed by atoms with E-state index in [0.29, 0.717) is 28.5 Å². The summed E-state index contributed by atoms with van der Waals surface area (Å²) in [5.41, 5.74) is 0.912. The molecule has 0 radical (unpaired) electrons. The summed E-state index contributed by atoms with van der Waals surface area (Å²) in [5, 5.41) is 43.4. The van der Waals surface area contributed by atoms with E-state index >= 15 is 0 Å². The Labute approximate surface area is 316 Å². The maximum atomic E-state index is 13.3. The average molecular weight is 773 g/mol. The molecule has 0 saturated carbocycles. The molecule has 0 spiro atoms. The Morgan fingerprint density at radius 3 is 1.83 bits per heavy atom. The standard InChI is InChI=1S/C19H22ClNO5.C19H24FN3O5/c1-11(2)8-15(18(22)23)21-16(19(24)25)10-14-6-7-17(26-14)12-4-3-5-13(20)9-12;1-12(2)8-15(17(24)25)21-16(18(26)27)11-23-7-6-22(19(23)28)10-13-4-3-5-14(20)9-13/h3-7,9,11,15-16,21H,8,10H2,1-2H3,(H,22,23)(H,24,25);3-7,9,12,15-16,21H,8,10-11H2,1-2H3,(H,24,25)(H,26,27). The van der Waals surface area contributed by atoms with Crippen LogP contribution < -0.4 is 16.3 Å². The van der Waals surface area contributed by atoms with Crippen LogP contribution in [0.1, 0.15) is 51.9 Å². The molecule has 292 valence electrons. The molecule has 6 N–H and O–H groups in total. The number of nitrogens with zero attached hydrogens (tertiary/aromatic N) is 2. The van der Waals surface area contributed by atoms with Crippen LogP contribution in [0.4, 0.5) is 4.39 Å². The van der Waals surface area contributed by atoms with Crippen LogP contribution in [0.15, 0.2) is 82.3 Å². The number of halogens is 2. The second-order valence-corrected chi connectivity index (χ2v) is 14.1.